The maximum absolute atomic E-state index is 11.3. The van der Waals surface area contributed by atoms with Gasteiger partial charge in [0, 0.05) is 9.80 Å². The van der Waals surface area contributed by atoms with Crippen LogP contribution in [0.3, 0.4) is 0 Å². The minimum Gasteiger partial charge on any atom is -0.465 e. The Morgan fingerprint density at radius 3 is 2.73 bits per heavy atom. The quantitative estimate of drug-likeness (QED) is 0.621. The molecule has 0 aliphatic heterocycles. The van der Waals surface area contributed by atoms with Crippen molar-refractivity contribution in [2.75, 3.05) is 12.4 Å². The van der Waals surface area contributed by atoms with Crippen LogP contribution >= 0.6 is 31.9 Å². The molecular weight excluding hydrogens is 324 g/mol. The molecule has 0 saturated heterocycles. The summed E-state index contributed by atoms with van der Waals surface area (Å²) in [5.41, 5.74) is 1.79. The van der Waals surface area contributed by atoms with Crippen LogP contribution in [-0.2, 0) is 11.2 Å². The van der Waals surface area contributed by atoms with E-state index >= 15 is 0 Å². The molecular formula is C11H12Br2O2. The van der Waals surface area contributed by atoms with E-state index in [1.54, 1.807) is 6.07 Å². The van der Waals surface area contributed by atoms with Gasteiger partial charge in [-0.3, -0.25) is 0 Å². The van der Waals surface area contributed by atoms with Crippen LogP contribution in [0.1, 0.15) is 22.3 Å². The van der Waals surface area contributed by atoms with Crippen LogP contribution in [0.25, 0.3) is 0 Å². The van der Waals surface area contributed by atoms with Gasteiger partial charge in [-0.05, 0) is 46.5 Å². The van der Waals surface area contributed by atoms with E-state index in [4.69, 9.17) is 0 Å². The first-order valence-corrected chi connectivity index (χ1v) is 6.53. The molecule has 1 aromatic carbocycles. The van der Waals surface area contributed by atoms with Gasteiger partial charge in [-0.1, -0.05) is 22.0 Å². The number of halogens is 2. The molecule has 0 saturated carbocycles. The van der Waals surface area contributed by atoms with E-state index < -0.39 is 0 Å². The lowest BCUT2D eigenvalue weighted by Crippen LogP contribution is -2.02. The first kappa shape index (κ1) is 12.7. The number of carbonyl (C=O) groups excluding carboxylic acids is 1. The standard InChI is InChI=1S/C11H12Br2O2/c1-15-11(14)9-5-4-8(3-2-6-12)7-10(9)13/h4-5,7H,2-3,6H2,1H3. The zero-order chi connectivity index (χ0) is 11.3. The van der Waals surface area contributed by atoms with Gasteiger partial charge < -0.3 is 4.74 Å². The average Bonchev–Trinajstić information content (AvgIpc) is 2.25. The Bertz CT molecular complexity index is 350. The molecule has 82 valence electrons. The molecule has 0 aromatic heterocycles. The van der Waals surface area contributed by atoms with Crippen molar-refractivity contribution in [2.24, 2.45) is 0 Å². The van der Waals surface area contributed by atoms with Crippen LogP contribution < -0.4 is 0 Å². The van der Waals surface area contributed by atoms with Gasteiger partial charge in [0.1, 0.15) is 0 Å². The van der Waals surface area contributed by atoms with E-state index in [1.807, 2.05) is 12.1 Å². The minimum absolute atomic E-state index is 0.311. The van der Waals surface area contributed by atoms with Crippen molar-refractivity contribution in [1.29, 1.82) is 0 Å². The molecule has 1 rings (SSSR count). The zero-order valence-corrected chi connectivity index (χ0v) is 11.6. The molecule has 2 nitrogen and oxygen atoms in total. The number of hydrogen-bond donors (Lipinski definition) is 0. The smallest absolute Gasteiger partial charge is 0.338 e. The molecule has 15 heavy (non-hydrogen) atoms. The summed E-state index contributed by atoms with van der Waals surface area (Å²) < 4.78 is 5.45. The summed E-state index contributed by atoms with van der Waals surface area (Å²) in [5, 5.41) is 0.989. The Hall–Kier alpha value is -0.350. The van der Waals surface area contributed by atoms with Crippen LogP contribution in [0.4, 0.5) is 0 Å². The fourth-order valence-electron chi connectivity index (χ4n) is 1.26. The highest BCUT2D eigenvalue weighted by Gasteiger charge is 2.09. The molecule has 0 amide bonds. The van der Waals surface area contributed by atoms with E-state index in [0.29, 0.717) is 5.56 Å². The van der Waals surface area contributed by atoms with E-state index in [-0.39, 0.29) is 5.97 Å². The third-order valence-electron chi connectivity index (χ3n) is 2.04. The third kappa shape index (κ3) is 3.61. The Morgan fingerprint density at radius 2 is 2.20 bits per heavy atom. The van der Waals surface area contributed by atoms with Crippen molar-refractivity contribution < 1.29 is 9.53 Å². The van der Waals surface area contributed by atoms with E-state index in [9.17, 15) is 4.79 Å². The number of aryl methyl sites for hydroxylation is 1. The highest BCUT2D eigenvalue weighted by molar-refractivity contribution is 9.10. The van der Waals surface area contributed by atoms with Crippen LogP contribution in [0, 0.1) is 0 Å². The molecule has 0 bridgehead atoms. The van der Waals surface area contributed by atoms with Crippen LogP contribution in [-0.4, -0.2) is 18.4 Å². The first-order valence-electron chi connectivity index (χ1n) is 4.61. The number of hydrogen-bond acceptors (Lipinski definition) is 2. The number of esters is 1. The number of alkyl halides is 1. The van der Waals surface area contributed by atoms with Gasteiger partial charge in [0.2, 0.25) is 0 Å². The Labute approximate surface area is 106 Å². The van der Waals surface area contributed by atoms with Crippen molar-refractivity contribution in [2.45, 2.75) is 12.8 Å². The van der Waals surface area contributed by atoms with Gasteiger partial charge in [-0.2, -0.15) is 0 Å². The van der Waals surface area contributed by atoms with E-state index in [0.717, 1.165) is 22.6 Å². The Balaban J connectivity index is 2.83. The summed E-state index contributed by atoms with van der Waals surface area (Å²) in [6.07, 6.45) is 2.09. The van der Waals surface area contributed by atoms with Crippen LogP contribution in [0.5, 0.6) is 0 Å². The number of rotatable bonds is 4. The molecule has 0 atom stereocenters. The molecule has 0 spiro atoms. The average molecular weight is 336 g/mol. The molecule has 0 fully saturated rings. The normalized spacial score (nSPS) is 10.1. The fourth-order valence-corrected chi connectivity index (χ4v) is 2.13. The number of methoxy groups -OCH3 is 1. The Kier molecular flexibility index (Phi) is 5.32. The molecule has 1 aromatic rings. The number of ether oxygens (including phenoxy) is 1. The molecule has 0 aliphatic carbocycles. The Morgan fingerprint density at radius 1 is 1.47 bits per heavy atom. The predicted molar refractivity (Wildman–Crippen MR) is 67.6 cm³/mol. The highest BCUT2D eigenvalue weighted by Crippen LogP contribution is 2.20. The first-order chi connectivity index (χ1) is 7.19. The van der Waals surface area contributed by atoms with Crippen molar-refractivity contribution in [1.82, 2.24) is 0 Å². The fraction of sp³-hybridized carbons (Fsp3) is 0.364. The topological polar surface area (TPSA) is 26.3 Å². The molecule has 0 heterocycles. The van der Waals surface area contributed by atoms with Crippen molar-refractivity contribution in [3.63, 3.8) is 0 Å². The number of benzene rings is 1. The maximum atomic E-state index is 11.3. The van der Waals surface area contributed by atoms with Crippen molar-refractivity contribution in [3.05, 3.63) is 33.8 Å². The highest BCUT2D eigenvalue weighted by atomic mass is 79.9. The zero-order valence-electron chi connectivity index (χ0n) is 8.43. The lowest BCUT2D eigenvalue weighted by Gasteiger charge is -2.05. The van der Waals surface area contributed by atoms with Crippen molar-refractivity contribution in [3.8, 4) is 0 Å². The molecule has 0 unspecified atom stereocenters. The number of carbonyl (C=O) groups is 1. The lowest BCUT2D eigenvalue weighted by molar-refractivity contribution is 0.0599. The minimum atomic E-state index is -0.311. The summed E-state index contributed by atoms with van der Waals surface area (Å²) in [6.45, 7) is 0. The molecule has 0 radical (unpaired) electrons. The van der Waals surface area contributed by atoms with Gasteiger partial charge in [-0.25, -0.2) is 4.79 Å². The second kappa shape index (κ2) is 6.28. The lowest BCUT2D eigenvalue weighted by atomic mass is 10.1. The van der Waals surface area contributed by atoms with Gasteiger partial charge in [0.05, 0.1) is 12.7 Å². The monoisotopic (exact) mass is 334 g/mol. The van der Waals surface area contributed by atoms with Crippen LogP contribution in [0.2, 0.25) is 0 Å². The maximum Gasteiger partial charge on any atom is 0.338 e. The van der Waals surface area contributed by atoms with Gasteiger partial charge in [0.25, 0.3) is 0 Å². The SMILES string of the molecule is COC(=O)c1ccc(CCCBr)cc1Br. The summed E-state index contributed by atoms with van der Waals surface area (Å²) in [4.78, 5) is 11.3. The van der Waals surface area contributed by atoms with Gasteiger partial charge in [-0.15, -0.1) is 0 Å². The largest absolute Gasteiger partial charge is 0.465 e. The second-order valence-corrected chi connectivity index (χ2v) is 4.75. The summed E-state index contributed by atoms with van der Waals surface area (Å²) in [5.74, 6) is -0.311. The predicted octanol–water partition coefficient (Wildman–Crippen LogP) is 3.56. The summed E-state index contributed by atoms with van der Waals surface area (Å²) >= 11 is 6.76. The summed E-state index contributed by atoms with van der Waals surface area (Å²) in [7, 11) is 1.38. The van der Waals surface area contributed by atoms with E-state index in [1.165, 1.54) is 12.7 Å². The third-order valence-corrected chi connectivity index (χ3v) is 3.25. The van der Waals surface area contributed by atoms with Crippen molar-refractivity contribution >= 4 is 37.8 Å². The molecule has 4 heteroatoms. The van der Waals surface area contributed by atoms with Gasteiger partial charge >= 0.3 is 5.97 Å². The second-order valence-electron chi connectivity index (χ2n) is 3.10. The van der Waals surface area contributed by atoms with E-state index in [2.05, 4.69) is 36.6 Å². The van der Waals surface area contributed by atoms with Crippen LogP contribution in [0.15, 0.2) is 22.7 Å². The molecule has 0 aliphatic rings. The molecule has 0 N–H and O–H groups in total. The van der Waals surface area contributed by atoms with Gasteiger partial charge in [0.15, 0.2) is 0 Å². The summed E-state index contributed by atoms with van der Waals surface area (Å²) in [6, 6.07) is 5.72.